The van der Waals surface area contributed by atoms with E-state index in [-0.39, 0.29) is 36.4 Å². The summed E-state index contributed by atoms with van der Waals surface area (Å²) >= 11 is 0. The van der Waals surface area contributed by atoms with Gasteiger partial charge >= 0.3 is 5.97 Å². The van der Waals surface area contributed by atoms with Gasteiger partial charge in [-0.05, 0) is 39.2 Å². The second kappa shape index (κ2) is 8.46. The number of carbonyl (C=O) groups is 3. The lowest BCUT2D eigenvalue weighted by atomic mass is 9.85. The van der Waals surface area contributed by atoms with Gasteiger partial charge in [-0.3, -0.25) is 19.3 Å². The topological polar surface area (TPSA) is 98.7 Å². The van der Waals surface area contributed by atoms with Crippen molar-refractivity contribution in [2.45, 2.75) is 70.5 Å². The van der Waals surface area contributed by atoms with Crippen LogP contribution in [0.15, 0.2) is 0 Å². The average Bonchev–Trinajstić information content (AvgIpc) is 3.02. The van der Waals surface area contributed by atoms with Crippen LogP contribution >= 0.6 is 0 Å². The molecule has 0 heterocycles. The molecule has 0 aromatic rings. The molecule has 0 aromatic heterocycles. The fourth-order valence-corrected chi connectivity index (χ4v) is 3.59. The quantitative estimate of drug-likeness (QED) is 0.606. The van der Waals surface area contributed by atoms with Gasteiger partial charge in [-0.15, -0.1) is 0 Å². The van der Waals surface area contributed by atoms with Crippen molar-refractivity contribution in [3.8, 4) is 0 Å². The van der Waals surface area contributed by atoms with E-state index in [1.807, 2.05) is 11.8 Å². The number of nitrogens with one attached hydrogen (secondary N) is 2. The summed E-state index contributed by atoms with van der Waals surface area (Å²) in [5.41, 5.74) is 0. The molecule has 0 saturated heterocycles. The molecule has 3 N–H and O–H groups in total. The van der Waals surface area contributed by atoms with Crippen LogP contribution in [0, 0.1) is 5.92 Å². The zero-order chi connectivity index (χ0) is 17.7. The molecule has 2 aliphatic rings. The number of carbonyl (C=O) groups excluding carboxylic acids is 2. The van der Waals surface area contributed by atoms with E-state index < -0.39 is 12.0 Å². The molecular formula is C17H29N3O4. The molecule has 2 fully saturated rings. The monoisotopic (exact) mass is 339 g/mol. The van der Waals surface area contributed by atoms with Crippen molar-refractivity contribution in [3.63, 3.8) is 0 Å². The van der Waals surface area contributed by atoms with Gasteiger partial charge in [-0.1, -0.05) is 19.8 Å². The molecule has 7 nitrogen and oxygen atoms in total. The summed E-state index contributed by atoms with van der Waals surface area (Å²) in [7, 11) is 0. The number of amides is 2. The third-order valence-corrected chi connectivity index (χ3v) is 5.20. The van der Waals surface area contributed by atoms with Crippen molar-refractivity contribution in [1.82, 2.24) is 15.5 Å². The molecule has 24 heavy (non-hydrogen) atoms. The van der Waals surface area contributed by atoms with Gasteiger partial charge in [-0.2, -0.15) is 0 Å². The lowest BCUT2D eigenvalue weighted by Gasteiger charge is -2.42. The highest BCUT2D eigenvalue weighted by Gasteiger charge is 2.35. The van der Waals surface area contributed by atoms with Crippen molar-refractivity contribution in [3.05, 3.63) is 0 Å². The van der Waals surface area contributed by atoms with Gasteiger partial charge in [0.05, 0.1) is 6.54 Å². The third-order valence-electron chi connectivity index (χ3n) is 5.20. The largest absolute Gasteiger partial charge is 0.480 e. The molecule has 0 bridgehead atoms. The summed E-state index contributed by atoms with van der Waals surface area (Å²) in [6.45, 7) is 4.37. The summed E-state index contributed by atoms with van der Waals surface area (Å²) in [5, 5.41) is 14.6. The van der Waals surface area contributed by atoms with Gasteiger partial charge in [0, 0.05) is 18.0 Å². The lowest BCUT2D eigenvalue weighted by Crippen LogP contribution is -2.57. The Morgan fingerprint density at radius 1 is 1.21 bits per heavy atom. The smallest absolute Gasteiger partial charge is 0.317 e. The van der Waals surface area contributed by atoms with Crippen LogP contribution in [0.25, 0.3) is 0 Å². The number of hydrogen-bond donors (Lipinski definition) is 3. The Balaban J connectivity index is 1.69. The molecule has 1 unspecified atom stereocenters. The molecule has 2 aliphatic carbocycles. The molecule has 2 amide bonds. The maximum absolute atomic E-state index is 12.2. The van der Waals surface area contributed by atoms with E-state index in [0.717, 1.165) is 38.5 Å². The van der Waals surface area contributed by atoms with E-state index in [4.69, 9.17) is 5.11 Å². The standard InChI is InChI=1S/C17H29N3O4/c1-3-20(10-15(21)22)14-8-13(9-14)19-16(23)11(2)18-17(24)12-6-4-5-7-12/h11-14H,3-10H2,1-2H3,(H,18,24)(H,19,23)(H,21,22). The molecular weight excluding hydrogens is 310 g/mol. The minimum atomic E-state index is -0.826. The number of carboxylic acids is 1. The predicted molar refractivity (Wildman–Crippen MR) is 89.4 cm³/mol. The second-order valence-corrected chi connectivity index (χ2v) is 7.00. The van der Waals surface area contributed by atoms with Crippen LogP contribution in [0.3, 0.4) is 0 Å². The first-order valence-corrected chi connectivity index (χ1v) is 8.97. The molecule has 2 rings (SSSR count). The van der Waals surface area contributed by atoms with Crippen LogP contribution in [0.2, 0.25) is 0 Å². The Kier molecular flexibility index (Phi) is 6.60. The molecule has 0 spiro atoms. The fraction of sp³-hybridized carbons (Fsp3) is 0.824. The fourth-order valence-electron chi connectivity index (χ4n) is 3.59. The van der Waals surface area contributed by atoms with Crippen molar-refractivity contribution in [2.75, 3.05) is 13.1 Å². The molecule has 136 valence electrons. The maximum Gasteiger partial charge on any atom is 0.317 e. The lowest BCUT2D eigenvalue weighted by molar-refractivity contribution is -0.139. The normalized spacial score (nSPS) is 25.1. The molecule has 0 radical (unpaired) electrons. The van der Waals surface area contributed by atoms with Gasteiger partial charge < -0.3 is 15.7 Å². The first kappa shape index (κ1) is 18.7. The van der Waals surface area contributed by atoms with E-state index in [0.29, 0.717) is 6.54 Å². The minimum Gasteiger partial charge on any atom is -0.480 e. The van der Waals surface area contributed by atoms with Crippen molar-refractivity contribution in [1.29, 1.82) is 0 Å². The van der Waals surface area contributed by atoms with Crippen LogP contribution in [0.4, 0.5) is 0 Å². The number of carboxylic acid groups (broad SMARTS) is 1. The zero-order valence-electron chi connectivity index (χ0n) is 14.6. The highest BCUT2D eigenvalue weighted by molar-refractivity contribution is 5.88. The van der Waals surface area contributed by atoms with Crippen molar-refractivity contribution >= 4 is 17.8 Å². The molecule has 1 atom stereocenters. The first-order chi connectivity index (χ1) is 11.4. The third kappa shape index (κ3) is 4.93. The second-order valence-electron chi connectivity index (χ2n) is 7.00. The summed E-state index contributed by atoms with van der Waals surface area (Å²) in [6, 6.07) is -0.255. The minimum absolute atomic E-state index is 0.0137. The average molecular weight is 339 g/mol. The predicted octanol–water partition coefficient (Wildman–Crippen LogP) is 0.735. The van der Waals surface area contributed by atoms with Gasteiger partial charge in [0.1, 0.15) is 6.04 Å². The Hall–Kier alpha value is -1.63. The van der Waals surface area contributed by atoms with E-state index in [9.17, 15) is 14.4 Å². The Bertz CT molecular complexity index is 470. The Labute approximate surface area is 143 Å². The first-order valence-electron chi connectivity index (χ1n) is 8.97. The van der Waals surface area contributed by atoms with Crippen LogP contribution in [-0.4, -0.2) is 59.0 Å². The number of rotatable bonds is 8. The van der Waals surface area contributed by atoms with E-state index in [2.05, 4.69) is 10.6 Å². The van der Waals surface area contributed by atoms with E-state index in [1.165, 1.54) is 0 Å². The molecule has 2 saturated carbocycles. The van der Waals surface area contributed by atoms with Crippen LogP contribution in [0.5, 0.6) is 0 Å². The molecule has 0 aliphatic heterocycles. The zero-order valence-corrected chi connectivity index (χ0v) is 14.6. The number of likely N-dealkylation sites (N-methyl/N-ethyl adjacent to an activating group) is 1. The summed E-state index contributed by atoms with van der Waals surface area (Å²) in [5.74, 6) is -0.943. The van der Waals surface area contributed by atoms with Crippen LogP contribution < -0.4 is 10.6 Å². The Morgan fingerprint density at radius 2 is 1.83 bits per heavy atom. The van der Waals surface area contributed by atoms with Crippen molar-refractivity contribution in [2.24, 2.45) is 5.92 Å². The molecule has 7 heteroatoms. The van der Waals surface area contributed by atoms with Crippen LogP contribution in [-0.2, 0) is 14.4 Å². The number of hydrogen-bond acceptors (Lipinski definition) is 4. The summed E-state index contributed by atoms with van der Waals surface area (Å²) in [6.07, 6.45) is 5.53. The van der Waals surface area contributed by atoms with Gasteiger partial charge in [-0.25, -0.2) is 0 Å². The van der Waals surface area contributed by atoms with Crippen LogP contribution in [0.1, 0.15) is 52.4 Å². The van der Waals surface area contributed by atoms with Gasteiger partial charge in [0.2, 0.25) is 11.8 Å². The van der Waals surface area contributed by atoms with E-state index >= 15 is 0 Å². The summed E-state index contributed by atoms with van der Waals surface area (Å²) in [4.78, 5) is 37.0. The SMILES string of the molecule is CCN(CC(=O)O)C1CC(NC(=O)C(C)NC(=O)C2CCCC2)C1. The summed E-state index contributed by atoms with van der Waals surface area (Å²) < 4.78 is 0. The van der Waals surface area contributed by atoms with Crippen molar-refractivity contribution < 1.29 is 19.5 Å². The molecule has 0 aromatic carbocycles. The Morgan fingerprint density at radius 3 is 2.38 bits per heavy atom. The number of nitrogens with zero attached hydrogens (tertiary/aromatic N) is 1. The van der Waals surface area contributed by atoms with Gasteiger partial charge in [0.15, 0.2) is 0 Å². The van der Waals surface area contributed by atoms with E-state index in [1.54, 1.807) is 6.92 Å². The highest BCUT2D eigenvalue weighted by Crippen LogP contribution is 2.26. The van der Waals surface area contributed by atoms with Gasteiger partial charge in [0.25, 0.3) is 0 Å². The maximum atomic E-state index is 12.2. The number of aliphatic carboxylic acids is 1. The highest BCUT2D eigenvalue weighted by atomic mass is 16.4.